The van der Waals surface area contributed by atoms with Crippen LogP contribution in [0.25, 0.3) is 6.08 Å². The lowest BCUT2D eigenvalue weighted by Crippen LogP contribution is -2.14. The molecule has 0 saturated carbocycles. The minimum absolute atomic E-state index is 0.0248. The zero-order valence-electron chi connectivity index (χ0n) is 14.1. The number of hydrogen-bond donors (Lipinski definition) is 2. The van der Waals surface area contributed by atoms with E-state index in [4.69, 9.17) is 14.2 Å². The maximum atomic E-state index is 11.8. The molecule has 0 spiro atoms. The molecule has 0 aromatic heterocycles. The molecule has 1 heterocycles. The highest BCUT2D eigenvalue weighted by molar-refractivity contribution is 5.93. The smallest absolute Gasteiger partial charge is 0.264 e. The average molecular weight is 354 g/mol. The SMILES string of the molecule is CCOc1cccc(/C=N/NC(=O)C=Cc2ccc3c(c2)OCO3)c1O. The van der Waals surface area contributed by atoms with Crippen molar-refractivity contribution in [1.82, 2.24) is 5.43 Å². The molecule has 1 aliphatic rings. The molecule has 7 heteroatoms. The first kappa shape index (κ1) is 17.3. The van der Waals surface area contributed by atoms with Gasteiger partial charge in [0.1, 0.15) is 0 Å². The van der Waals surface area contributed by atoms with Crippen molar-refractivity contribution in [3.05, 3.63) is 53.6 Å². The molecule has 2 aromatic carbocycles. The van der Waals surface area contributed by atoms with Crippen LogP contribution < -0.4 is 19.6 Å². The molecule has 2 N–H and O–H groups in total. The zero-order chi connectivity index (χ0) is 18.4. The molecule has 26 heavy (non-hydrogen) atoms. The Morgan fingerprint density at radius 2 is 2.15 bits per heavy atom. The molecular formula is C19H18N2O5. The van der Waals surface area contributed by atoms with Gasteiger partial charge in [0.05, 0.1) is 12.8 Å². The summed E-state index contributed by atoms with van der Waals surface area (Å²) in [6, 6.07) is 10.4. The number of para-hydroxylation sites is 1. The summed E-state index contributed by atoms with van der Waals surface area (Å²) in [7, 11) is 0. The standard InChI is InChI=1S/C19H18N2O5/c1-2-24-16-5-3-4-14(19(16)23)11-20-21-18(22)9-7-13-6-8-15-17(10-13)26-12-25-15/h3-11,23H,2,12H2,1H3,(H,21,22)/b9-7?,20-11+. The third-order valence-electron chi connectivity index (χ3n) is 3.53. The van der Waals surface area contributed by atoms with E-state index in [0.717, 1.165) is 5.56 Å². The minimum atomic E-state index is -0.403. The van der Waals surface area contributed by atoms with Crippen LogP contribution in [0.4, 0.5) is 0 Å². The Balaban J connectivity index is 1.59. The molecule has 1 aliphatic heterocycles. The van der Waals surface area contributed by atoms with Gasteiger partial charge in [0, 0.05) is 11.6 Å². The summed E-state index contributed by atoms with van der Waals surface area (Å²) >= 11 is 0. The third-order valence-corrected chi connectivity index (χ3v) is 3.53. The van der Waals surface area contributed by atoms with Gasteiger partial charge in [-0.25, -0.2) is 5.43 Å². The van der Waals surface area contributed by atoms with E-state index in [1.807, 2.05) is 13.0 Å². The first-order valence-electron chi connectivity index (χ1n) is 8.03. The van der Waals surface area contributed by atoms with E-state index in [1.165, 1.54) is 12.3 Å². The summed E-state index contributed by atoms with van der Waals surface area (Å²) in [6.07, 6.45) is 4.34. The van der Waals surface area contributed by atoms with Gasteiger partial charge in [-0.15, -0.1) is 0 Å². The van der Waals surface area contributed by atoms with E-state index < -0.39 is 5.91 Å². The predicted molar refractivity (Wildman–Crippen MR) is 96.6 cm³/mol. The molecule has 0 atom stereocenters. The fraction of sp³-hybridized carbons (Fsp3) is 0.158. The molecule has 3 rings (SSSR count). The second-order valence-electron chi connectivity index (χ2n) is 5.31. The summed E-state index contributed by atoms with van der Waals surface area (Å²) in [5, 5.41) is 13.9. The second kappa shape index (κ2) is 8.06. The second-order valence-corrected chi connectivity index (χ2v) is 5.31. The van der Waals surface area contributed by atoms with E-state index in [1.54, 1.807) is 36.4 Å². The number of rotatable bonds is 6. The van der Waals surface area contributed by atoms with Gasteiger partial charge in [-0.3, -0.25) is 4.79 Å². The normalized spacial score (nSPS) is 12.7. The number of fused-ring (bicyclic) bond motifs is 1. The van der Waals surface area contributed by atoms with Gasteiger partial charge in [0.2, 0.25) is 6.79 Å². The van der Waals surface area contributed by atoms with E-state index >= 15 is 0 Å². The number of phenols is 1. The lowest BCUT2D eigenvalue weighted by molar-refractivity contribution is -0.116. The number of ether oxygens (including phenoxy) is 3. The fourth-order valence-corrected chi connectivity index (χ4v) is 2.31. The molecule has 0 saturated heterocycles. The lowest BCUT2D eigenvalue weighted by Gasteiger charge is -2.06. The summed E-state index contributed by atoms with van der Waals surface area (Å²) in [4.78, 5) is 11.8. The largest absolute Gasteiger partial charge is 0.504 e. The van der Waals surface area contributed by atoms with E-state index in [-0.39, 0.29) is 12.5 Å². The quantitative estimate of drug-likeness (QED) is 0.473. The van der Waals surface area contributed by atoms with Crippen molar-refractivity contribution in [2.45, 2.75) is 6.92 Å². The molecule has 0 aliphatic carbocycles. The molecule has 2 aromatic rings. The number of carbonyl (C=O) groups is 1. The van der Waals surface area contributed by atoms with Crippen molar-refractivity contribution >= 4 is 18.2 Å². The number of nitrogens with zero attached hydrogens (tertiary/aromatic N) is 1. The Morgan fingerprint density at radius 1 is 1.31 bits per heavy atom. The first-order valence-corrected chi connectivity index (χ1v) is 8.03. The predicted octanol–water partition coefficient (Wildman–Crippen LogP) is 2.68. The average Bonchev–Trinajstić information content (AvgIpc) is 3.11. The number of nitrogens with one attached hydrogen (secondary N) is 1. The van der Waals surface area contributed by atoms with Gasteiger partial charge in [-0.1, -0.05) is 12.1 Å². The van der Waals surface area contributed by atoms with Crippen molar-refractivity contribution in [2.75, 3.05) is 13.4 Å². The minimum Gasteiger partial charge on any atom is -0.504 e. The molecular weight excluding hydrogens is 336 g/mol. The van der Waals surface area contributed by atoms with Crippen molar-refractivity contribution in [1.29, 1.82) is 0 Å². The Kier molecular flexibility index (Phi) is 5.38. The van der Waals surface area contributed by atoms with Crippen LogP contribution in [-0.2, 0) is 4.79 Å². The molecule has 1 amide bonds. The lowest BCUT2D eigenvalue weighted by atomic mass is 10.2. The Morgan fingerprint density at radius 3 is 3.00 bits per heavy atom. The Bertz CT molecular complexity index is 861. The molecule has 0 unspecified atom stereocenters. The van der Waals surface area contributed by atoms with Gasteiger partial charge in [0.15, 0.2) is 23.0 Å². The number of carbonyl (C=O) groups excluding carboxylic acids is 1. The van der Waals surface area contributed by atoms with Crippen LogP contribution in [0.3, 0.4) is 0 Å². The highest BCUT2D eigenvalue weighted by Crippen LogP contribution is 2.32. The van der Waals surface area contributed by atoms with Crippen molar-refractivity contribution in [3.8, 4) is 23.0 Å². The van der Waals surface area contributed by atoms with E-state index in [0.29, 0.717) is 29.4 Å². The number of phenolic OH excluding ortho intramolecular Hbond substituents is 1. The number of amides is 1. The maximum Gasteiger partial charge on any atom is 0.264 e. The van der Waals surface area contributed by atoms with E-state index in [9.17, 15) is 9.90 Å². The summed E-state index contributed by atoms with van der Waals surface area (Å²) in [5.41, 5.74) is 3.61. The van der Waals surface area contributed by atoms with Crippen LogP contribution in [0.15, 0.2) is 47.6 Å². The topological polar surface area (TPSA) is 89.4 Å². The van der Waals surface area contributed by atoms with Gasteiger partial charge in [-0.2, -0.15) is 5.10 Å². The van der Waals surface area contributed by atoms with E-state index in [2.05, 4.69) is 10.5 Å². The molecule has 0 fully saturated rings. The summed E-state index contributed by atoms with van der Waals surface area (Å²) in [6.45, 7) is 2.47. The molecule has 0 bridgehead atoms. The summed E-state index contributed by atoms with van der Waals surface area (Å²) < 4.78 is 15.8. The Labute approximate surface area is 150 Å². The monoisotopic (exact) mass is 354 g/mol. The first-order chi connectivity index (χ1) is 12.7. The highest BCUT2D eigenvalue weighted by Gasteiger charge is 2.12. The van der Waals surface area contributed by atoms with Crippen LogP contribution in [-0.4, -0.2) is 30.6 Å². The van der Waals surface area contributed by atoms with Gasteiger partial charge in [0.25, 0.3) is 5.91 Å². The zero-order valence-corrected chi connectivity index (χ0v) is 14.1. The number of aromatic hydroxyl groups is 1. The van der Waals surface area contributed by atoms with Crippen LogP contribution >= 0.6 is 0 Å². The van der Waals surface area contributed by atoms with Crippen molar-refractivity contribution in [2.24, 2.45) is 5.10 Å². The molecule has 0 radical (unpaired) electrons. The van der Waals surface area contributed by atoms with Crippen LogP contribution in [0, 0.1) is 0 Å². The van der Waals surface area contributed by atoms with Crippen LogP contribution in [0.2, 0.25) is 0 Å². The number of hydrazone groups is 1. The summed E-state index contributed by atoms with van der Waals surface area (Å²) in [5.74, 6) is 1.27. The number of hydrogen-bond acceptors (Lipinski definition) is 6. The van der Waals surface area contributed by atoms with Crippen molar-refractivity contribution < 1.29 is 24.1 Å². The van der Waals surface area contributed by atoms with Crippen LogP contribution in [0.1, 0.15) is 18.1 Å². The van der Waals surface area contributed by atoms with Gasteiger partial charge < -0.3 is 19.3 Å². The van der Waals surface area contributed by atoms with Gasteiger partial charge in [-0.05, 0) is 42.8 Å². The number of benzene rings is 2. The Hall–Kier alpha value is -3.48. The van der Waals surface area contributed by atoms with Crippen LogP contribution in [0.5, 0.6) is 23.0 Å². The fourth-order valence-electron chi connectivity index (χ4n) is 2.31. The third kappa shape index (κ3) is 4.13. The molecule has 7 nitrogen and oxygen atoms in total. The maximum absolute atomic E-state index is 11.8. The molecule has 134 valence electrons. The highest BCUT2D eigenvalue weighted by atomic mass is 16.7. The van der Waals surface area contributed by atoms with Gasteiger partial charge >= 0.3 is 0 Å². The van der Waals surface area contributed by atoms with Crippen molar-refractivity contribution in [3.63, 3.8) is 0 Å².